The second kappa shape index (κ2) is 6.66. The summed E-state index contributed by atoms with van der Waals surface area (Å²) in [6, 6.07) is 3.21. The third-order valence-corrected chi connectivity index (χ3v) is 7.68. The summed E-state index contributed by atoms with van der Waals surface area (Å²) < 4.78 is 0.374. The Morgan fingerprint density at radius 2 is 1.83 bits per heavy atom. The third kappa shape index (κ3) is 2.44. The van der Waals surface area contributed by atoms with Gasteiger partial charge < -0.3 is 21.1 Å². The molecule has 7 atom stereocenters. The van der Waals surface area contributed by atoms with Gasteiger partial charge in [-0.1, -0.05) is 13.0 Å². The van der Waals surface area contributed by atoms with Gasteiger partial charge in [-0.15, -0.1) is 0 Å². The monoisotopic (exact) mass is 527 g/mol. The van der Waals surface area contributed by atoms with Crippen LogP contribution in [0, 0.1) is 27.2 Å². The van der Waals surface area contributed by atoms with Crippen LogP contribution >= 0.6 is 22.6 Å². The van der Waals surface area contributed by atoms with E-state index in [0.29, 0.717) is 9.13 Å². The number of aliphatic hydroxyl groups is 2. The lowest BCUT2D eigenvalue weighted by molar-refractivity contribution is -0.189. The maximum Gasteiger partial charge on any atom is 0.235 e. The van der Waals surface area contributed by atoms with Crippen molar-refractivity contribution in [2.24, 2.45) is 29.4 Å². The molecule has 0 aliphatic heterocycles. The Morgan fingerprint density at radius 1 is 1.20 bits per heavy atom. The van der Waals surface area contributed by atoms with Crippen molar-refractivity contribution in [2.45, 2.75) is 31.0 Å². The maximum absolute atomic E-state index is 13.4. The highest BCUT2D eigenvalue weighted by atomic mass is 127. The number of Topliss-reactive ketones (excluding diaryl/α,β-unsaturated/α-hetero) is 4. The first-order valence-electron chi connectivity index (χ1n) is 9.31. The molecule has 2 fully saturated rings. The van der Waals surface area contributed by atoms with Crippen molar-refractivity contribution in [3.63, 3.8) is 0 Å². The summed E-state index contributed by atoms with van der Waals surface area (Å²) in [5, 5.41) is 32.6. The number of carbonyl (C=O) groups is 5. The van der Waals surface area contributed by atoms with Gasteiger partial charge in [0.2, 0.25) is 5.91 Å². The van der Waals surface area contributed by atoms with Crippen LogP contribution < -0.4 is 5.73 Å². The number of hydrogen-bond donors (Lipinski definition) is 4. The molecule has 10 heteroatoms. The fourth-order valence-corrected chi connectivity index (χ4v) is 5.78. The fraction of sp³-hybridized carbons (Fsp3) is 0.450. The first-order valence-corrected chi connectivity index (χ1v) is 10.4. The van der Waals surface area contributed by atoms with Crippen molar-refractivity contribution >= 4 is 51.6 Å². The Hall–Kier alpha value is -2.18. The second-order valence-electron chi connectivity index (χ2n) is 8.17. The van der Waals surface area contributed by atoms with Crippen molar-refractivity contribution in [1.82, 2.24) is 0 Å². The van der Waals surface area contributed by atoms with Crippen LogP contribution in [0.2, 0.25) is 0 Å². The molecule has 3 aliphatic rings. The molecule has 0 radical (unpaired) electrons. The molecule has 0 heterocycles. The SMILES string of the molecule is C[C@H]1c2ccc(I)c(O)c2C(=O)C2C(=O)[C@]3(O)C(=O)C(C(N)=O)C(=O)CC3[C@@H](O)C21. The van der Waals surface area contributed by atoms with E-state index < -0.39 is 76.8 Å². The number of fused-ring (bicyclic) bond motifs is 3. The number of nitrogens with two attached hydrogens (primary N) is 1. The van der Waals surface area contributed by atoms with Crippen molar-refractivity contribution < 1.29 is 39.3 Å². The van der Waals surface area contributed by atoms with E-state index in [9.17, 15) is 39.3 Å². The lowest BCUT2D eigenvalue weighted by Gasteiger charge is -2.52. The first kappa shape index (κ1) is 21.1. The molecule has 1 aromatic carbocycles. The number of aliphatic hydroxyl groups excluding tert-OH is 1. The van der Waals surface area contributed by atoms with Crippen molar-refractivity contribution in [2.75, 3.05) is 0 Å². The summed E-state index contributed by atoms with van der Waals surface area (Å²) in [7, 11) is 0. The molecule has 0 spiro atoms. The predicted octanol–water partition coefficient (Wildman–Crippen LogP) is -0.537. The van der Waals surface area contributed by atoms with Gasteiger partial charge in [0.25, 0.3) is 0 Å². The highest BCUT2D eigenvalue weighted by Gasteiger charge is 2.69. The van der Waals surface area contributed by atoms with Crippen LogP contribution in [0.15, 0.2) is 12.1 Å². The number of carbonyl (C=O) groups excluding carboxylic acids is 5. The van der Waals surface area contributed by atoms with Crippen LogP contribution in [0.25, 0.3) is 0 Å². The Balaban J connectivity index is 1.91. The van der Waals surface area contributed by atoms with Gasteiger partial charge in [0, 0.05) is 18.3 Å². The summed E-state index contributed by atoms with van der Waals surface area (Å²) in [5.74, 6) is -12.6. The number of phenols is 1. The average molecular weight is 527 g/mol. The largest absolute Gasteiger partial charge is 0.506 e. The number of rotatable bonds is 1. The molecule has 4 unspecified atom stereocenters. The molecule has 3 aliphatic carbocycles. The number of ketones is 4. The minimum absolute atomic E-state index is 0.0935. The first-order chi connectivity index (χ1) is 13.9. The number of amides is 1. The van der Waals surface area contributed by atoms with Crippen molar-refractivity contribution in [1.29, 1.82) is 0 Å². The number of primary amides is 1. The summed E-state index contributed by atoms with van der Waals surface area (Å²) in [6.07, 6.45) is -2.15. The smallest absolute Gasteiger partial charge is 0.235 e. The van der Waals surface area contributed by atoms with E-state index in [1.54, 1.807) is 19.1 Å². The number of aromatic hydroxyl groups is 1. The van der Waals surface area contributed by atoms with Crippen LogP contribution in [0.1, 0.15) is 35.2 Å². The van der Waals surface area contributed by atoms with E-state index in [2.05, 4.69) is 0 Å². The zero-order chi connectivity index (χ0) is 22.3. The fourth-order valence-electron chi connectivity index (χ4n) is 5.33. The second-order valence-corrected chi connectivity index (χ2v) is 9.33. The van der Waals surface area contributed by atoms with E-state index >= 15 is 0 Å². The molecular weight excluding hydrogens is 509 g/mol. The molecular formula is C20H18INO8. The number of hydrogen-bond acceptors (Lipinski definition) is 8. The molecule has 0 saturated heterocycles. The van der Waals surface area contributed by atoms with Crippen molar-refractivity contribution in [3.05, 3.63) is 26.8 Å². The molecule has 30 heavy (non-hydrogen) atoms. The van der Waals surface area contributed by atoms with E-state index in [1.165, 1.54) is 0 Å². The van der Waals surface area contributed by atoms with E-state index in [4.69, 9.17) is 5.73 Å². The van der Waals surface area contributed by atoms with Crippen LogP contribution in [-0.4, -0.2) is 56.1 Å². The average Bonchev–Trinajstić information content (AvgIpc) is 2.67. The Kier molecular flexibility index (Phi) is 4.68. The molecule has 2 saturated carbocycles. The van der Waals surface area contributed by atoms with E-state index in [1.807, 2.05) is 22.6 Å². The topological polar surface area (TPSA) is 172 Å². The number of phenolic OH excluding ortho intramolecular Hbond substituents is 1. The number of halogens is 1. The van der Waals surface area contributed by atoms with Gasteiger partial charge in [-0.3, -0.25) is 24.0 Å². The normalized spacial score (nSPS) is 38.0. The van der Waals surface area contributed by atoms with Gasteiger partial charge in [-0.25, -0.2) is 0 Å². The highest BCUT2D eigenvalue weighted by molar-refractivity contribution is 14.1. The quantitative estimate of drug-likeness (QED) is 0.279. The molecule has 1 aromatic rings. The highest BCUT2D eigenvalue weighted by Crippen LogP contribution is 2.54. The minimum Gasteiger partial charge on any atom is -0.506 e. The third-order valence-electron chi connectivity index (χ3n) is 6.81. The summed E-state index contributed by atoms with van der Waals surface area (Å²) in [4.78, 5) is 63.4. The minimum atomic E-state index is -2.89. The molecule has 5 N–H and O–H groups in total. The standard InChI is InChI=1S/C20H18INO8/c1-5-6-2-3-8(21)15(25)11(6)16(26)13-10(5)14(24)7-4-9(23)12(19(22)29)17(27)20(7,30)18(13)28/h2-3,5,7,10,12-14,24-25,30H,4H2,1H3,(H2,22,29)/t5-,7?,10?,12?,13?,14+,20+/m0/s1. The summed E-state index contributed by atoms with van der Waals surface area (Å²) in [5.41, 5.74) is 2.57. The molecule has 1 amide bonds. The van der Waals surface area contributed by atoms with Crippen molar-refractivity contribution in [3.8, 4) is 5.75 Å². The van der Waals surface area contributed by atoms with Gasteiger partial charge in [0.05, 0.1) is 21.2 Å². The summed E-state index contributed by atoms with van der Waals surface area (Å²) >= 11 is 1.82. The molecule has 158 valence electrons. The zero-order valence-electron chi connectivity index (χ0n) is 15.7. The van der Waals surface area contributed by atoms with Gasteiger partial charge in [-0.2, -0.15) is 0 Å². The molecule has 4 rings (SSSR count). The summed E-state index contributed by atoms with van der Waals surface area (Å²) in [6.45, 7) is 1.66. The Morgan fingerprint density at radius 3 is 2.43 bits per heavy atom. The van der Waals surface area contributed by atoms with Gasteiger partial charge in [0.1, 0.15) is 5.75 Å². The predicted molar refractivity (Wildman–Crippen MR) is 107 cm³/mol. The van der Waals surface area contributed by atoms with E-state index in [-0.39, 0.29) is 11.3 Å². The van der Waals surface area contributed by atoms with Gasteiger partial charge in [0.15, 0.2) is 34.7 Å². The van der Waals surface area contributed by atoms with Gasteiger partial charge >= 0.3 is 0 Å². The van der Waals surface area contributed by atoms with Crippen LogP contribution in [0.4, 0.5) is 0 Å². The Bertz CT molecular complexity index is 1050. The zero-order valence-corrected chi connectivity index (χ0v) is 17.8. The van der Waals surface area contributed by atoms with Crippen LogP contribution in [0.5, 0.6) is 5.75 Å². The maximum atomic E-state index is 13.4. The van der Waals surface area contributed by atoms with Crippen LogP contribution in [-0.2, 0) is 19.2 Å². The van der Waals surface area contributed by atoms with Crippen LogP contribution in [0.3, 0.4) is 0 Å². The number of benzene rings is 1. The van der Waals surface area contributed by atoms with E-state index in [0.717, 1.165) is 0 Å². The van der Waals surface area contributed by atoms with Gasteiger partial charge in [-0.05, 0) is 40.1 Å². The Labute approximate surface area is 183 Å². The molecule has 9 nitrogen and oxygen atoms in total. The molecule has 0 aromatic heterocycles. The lowest BCUT2D eigenvalue weighted by Crippen LogP contribution is -2.72. The lowest BCUT2D eigenvalue weighted by atomic mass is 9.50. The molecule has 0 bridgehead atoms.